The molecule has 0 atom stereocenters. The van der Waals surface area contributed by atoms with Crippen LogP contribution in [0.2, 0.25) is 0 Å². The van der Waals surface area contributed by atoms with E-state index < -0.39 is 23.0 Å². The number of carbonyl (C=O) groups is 1. The third-order valence-electron chi connectivity index (χ3n) is 7.01. The Morgan fingerprint density at radius 3 is 2.42 bits per heavy atom. The molecule has 40 heavy (non-hydrogen) atoms. The standard InChI is InChI=1S/C28H28BFN2O7S/c1-31-28(33)26-22-13-21(16-4-5-16)23(14-25(22)39-27(26)17-7-10-20(30)11-8-17)32(40(3,36)37)15-18-6-9-19(29(34)35)12-24(18)38-2/h6-14,16,34-35H,4-5,15H2,1-3H3,(H,31,33). The predicted molar refractivity (Wildman–Crippen MR) is 151 cm³/mol. The zero-order chi connectivity index (χ0) is 28.8. The van der Waals surface area contributed by atoms with E-state index in [2.05, 4.69) is 5.32 Å². The van der Waals surface area contributed by atoms with Gasteiger partial charge in [0.2, 0.25) is 10.0 Å². The molecule has 3 aromatic carbocycles. The van der Waals surface area contributed by atoms with Crippen molar-refractivity contribution in [1.82, 2.24) is 5.32 Å². The first-order chi connectivity index (χ1) is 19.0. The summed E-state index contributed by atoms with van der Waals surface area (Å²) in [5.41, 5.74) is 2.97. The van der Waals surface area contributed by atoms with Crippen LogP contribution >= 0.6 is 0 Å². The van der Waals surface area contributed by atoms with Crippen molar-refractivity contribution in [3.63, 3.8) is 0 Å². The second kappa shape index (κ2) is 10.6. The number of fused-ring (bicyclic) bond motifs is 1. The number of benzene rings is 3. The molecule has 9 nitrogen and oxygen atoms in total. The van der Waals surface area contributed by atoms with Crippen molar-refractivity contribution >= 4 is 45.2 Å². The minimum absolute atomic E-state index is 0.0944. The molecule has 3 N–H and O–H groups in total. The number of ether oxygens (including phenoxy) is 1. The van der Waals surface area contributed by atoms with Crippen LogP contribution in [0.15, 0.2) is 59.0 Å². The lowest BCUT2D eigenvalue weighted by Crippen LogP contribution is -2.32. The average Bonchev–Trinajstić information content (AvgIpc) is 3.70. The van der Waals surface area contributed by atoms with Crippen LogP contribution in [0.3, 0.4) is 0 Å². The first-order valence-corrected chi connectivity index (χ1v) is 14.5. The molecule has 1 aliphatic carbocycles. The maximum atomic E-state index is 13.6. The van der Waals surface area contributed by atoms with E-state index in [1.165, 1.54) is 54.9 Å². The van der Waals surface area contributed by atoms with Crippen molar-refractivity contribution in [3.05, 3.63) is 77.1 Å². The number of hydrogen-bond acceptors (Lipinski definition) is 7. The van der Waals surface area contributed by atoms with Gasteiger partial charge in [0.05, 0.1) is 31.2 Å². The molecule has 1 fully saturated rings. The molecule has 0 saturated heterocycles. The lowest BCUT2D eigenvalue weighted by Gasteiger charge is -2.26. The van der Waals surface area contributed by atoms with Crippen LogP contribution in [-0.2, 0) is 16.6 Å². The summed E-state index contributed by atoms with van der Waals surface area (Å²) >= 11 is 0. The summed E-state index contributed by atoms with van der Waals surface area (Å²) in [5.74, 6) is -0.172. The van der Waals surface area contributed by atoms with Crippen LogP contribution in [0, 0.1) is 5.82 Å². The molecule has 0 aliphatic heterocycles. The maximum absolute atomic E-state index is 13.6. The summed E-state index contributed by atoms with van der Waals surface area (Å²) in [7, 11) is -2.61. The van der Waals surface area contributed by atoms with Crippen molar-refractivity contribution < 1.29 is 36.8 Å². The van der Waals surface area contributed by atoms with E-state index in [0.29, 0.717) is 33.5 Å². The SMILES string of the molecule is CNC(=O)c1c(-c2ccc(F)cc2)oc2cc(N(Cc3ccc(B(O)O)cc3OC)S(C)(=O)=O)c(C3CC3)cc12. The normalized spacial score (nSPS) is 13.3. The quantitative estimate of drug-likeness (QED) is 0.266. The molecule has 1 aromatic heterocycles. The van der Waals surface area contributed by atoms with Gasteiger partial charge >= 0.3 is 7.12 Å². The number of furan rings is 1. The Morgan fingerprint density at radius 1 is 1.15 bits per heavy atom. The van der Waals surface area contributed by atoms with E-state index in [0.717, 1.165) is 24.7 Å². The van der Waals surface area contributed by atoms with Crippen LogP contribution in [0.4, 0.5) is 10.1 Å². The maximum Gasteiger partial charge on any atom is 0.488 e. The molecule has 5 rings (SSSR count). The smallest absolute Gasteiger partial charge is 0.488 e. The number of carbonyl (C=O) groups excluding carboxylic acids is 1. The first kappa shape index (κ1) is 27.7. The Bertz CT molecular complexity index is 1700. The number of halogens is 1. The van der Waals surface area contributed by atoms with E-state index >= 15 is 0 Å². The van der Waals surface area contributed by atoms with Gasteiger partial charge in [-0.2, -0.15) is 0 Å². The van der Waals surface area contributed by atoms with E-state index in [-0.39, 0.29) is 35.2 Å². The van der Waals surface area contributed by atoms with Gasteiger partial charge in [0, 0.05) is 29.6 Å². The molecule has 4 aromatic rings. The van der Waals surface area contributed by atoms with Crippen LogP contribution in [0.5, 0.6) is 5.75 Å². The number of amides is 1. The van der Waals surface area contributed by atoms with Crippen LogP contribution in [0.1, 0.15) is 40.2 Å². The van der Waals surface area contributed by atoms with Crippen molar-refractivity contribution in [3.8, 4) is 17.1 Å². The molecule has 0 bridgehead atoms. The fourth-order valence-corrected chi connectivity index (χ4v) is 5.72. The molecule has 0 unspecified atom stereocenters. The van der Waals surface area contributed by atoms with E-state index in [1.807, 2.05) is 6.07 Å². The highest BCUT2D eigenvalue weighted by Crippen LogP contribution is 2.48. The minimum atomic E-state index is -3.83. The Labute approximate surface area is 231 Å². The molecule has 1 saturated carbocycles. The highest BCUT2D eigenvalue weighted by Gasteiger charge is 2.33. The first-order valence-electron chi connectivity index (χ1n) is 12.6. The Hall–Kier alpha value is -3.87. The van der Waals surface area contributed by atoms with Crippen molar-refractivity contribution in [1.29, 1.82) is 0 Å². The van der Waals surface area contributed by atoms with E-state index in [1.54, 1.807) is 12.1 Å². The number of sulfonamides is 1. The number of methoxy groups -OCH3 is 1. The molecule has 1 aliphatic rings. The summed E-state index contributed by atoms with van der Waals surface area (Å²) in [4.78, 5) is 13.0. The van der Waals surface area contributed by atoms with Gasteiger partial charge in [-0.1, -0.05) is 12.1 Å². The molecule has 1 heterocycles. The number of rotatable bonds is 9. The van der Waals surface area contributed by atoms with Crippen molar-refractivity contribution in [2.75, 3.05) is 24.7 Å². The monoisotopic (exact) mass is 566 g/mol. The van der Waals surface area contributed by atoms with Gasteiger partial charge in [0.1, 0.15) is 22.9 Å². The van der Waals surface area contributed by atoms with Gasteiger partial charge in [0.15, 0.2) is 0 Å². The van der Waals surface area contributed by atoms with Gasteiger partial charge < -0.3 is 24.5 Å². The molecule has 0 radical (unpaired) electrons. The summed E-state index contributed by atoms with van der Waals surface area (Å²) < 4.78 is 52.9. The average molecular weight is 566 g/mol. The zero-order valence-corrected chi connectivity index (χ0v) is 23.0. The topological polar surface area (TPSA) is 129 Å². The molecule has 1 amide bonds. The minimum Gasteiger partial charge on any atom is -0.496 e. The van der Waals surface area contributed by atoms with Gasteiger partial charge in [-0.3, -0.25) is 9.10 Å². The second-order valence-corrected chi connectivity index (χ2v) is 11.7. The lowest BCUT2D eigenvalue weighted by atomic mass is 9.80. The summed E-state index contributed by atoms with van der Waals surface area (Å²) in [6.45, 7) is -0.0944. The highest BCUT2D eigenvalue weighted by atomic mass is 32.2. The second-order valence-electron chi connectivity index (χ2n) is 9.79. The fourth-order valence-electron chi connectivity index (χ4n) is 4.83. The number of hydrogen-bond donors (Lipinski definition) is 3. The Morgan fingerprint density at radius 2 is 1.85 bits per heavy atom. The summed E-state index contributed by atoms with van der Waals surface area (Å²) in [6.07, 6.45) is 2.83. The molecular weight excluding hydrogens is 538 g/mol. The van der Waals surface area contributed by atoms with Crippen LogP contribution in [0.25, 0.3) is 22.3 Å². The third kappa shape index (κ3) is 5.29. The summed E-state index contributed by atoms with van der Waals surface area (Å²) in [5, 5.41) is 22.2. The van der Waals surface area contributed by atoms with Gasteiger partial charge in [-0.25, -0.2) is 12.8 Å². The van der Waals surface area contributed by atoms with Crippen molar-refractivity contribution in [2.24, 2.45) is 0 Å². The fraction of sp³-hybridized carbons (Fsp3) is 0.250. The molecule has 0 spiro atoms. The van der Waals surface area contributed by atoms with Gasteiger partial charge in [0.25, 0.3) is 5.91 Å². The van der Waals surface area contributed by atoms with E-state index in [4.69, 9.17) is 9.15 Å². The number of nitrogens with zero attached hydrogens (tertiary/aromatic N) is 1. The van der Waals surface area contributed by atoms with Gasteiger partial charge in [-0.05, 0) is 66.2 Å². The zero-order valence-electron chi connectivity index (χ0n) is 22.1. The third-order valence-corrected chi connectivity index (χ3v) is 8.13. The lowest BCUT2D eigenvalue weighted by molar-refractivity contribution is 0.0964. The number of nitrogens with one attached hydrogen (secondary N) is 1. The summed E-state index contributed by atoms with van der Waals surface area (Å²) in [6, 6.07) is 13.5. The van der Waals surface area contributed by atoms with Crippen LogP contribution < -0.4 is 19.8 Å². The van der Waals surface area contributed by atoms with Crippen molar-refractivity contribution in [2.45, 2.75) is 25.3 Å². The van der Waals surface area contributed by atoms with Crippen LogP contribution in [-0.4, -0.2) is 51.9 Å². The predicted octanol–water partition coefficient (Wildman–Crippen LogP) is 3.13. The Kier molecular flexibility index (Phi) is 7.34. The molecular formula is C28H28BFN2O7S. The van der Waals surface area contributed by atoms with E-state index in [9.17, 15) is 27.7 Å². The molecule has 12 heteroatoms. The number of anilines is 1. The largest absolute Gasteiger partial charge is 0.496 e. The Balaban J connectivity index is 1.70. The highest BCUT2D eigenvalue weighted by molar-refractivity contribution is 7.92. The molecule has 208 valence electrons. The van der Waals surface area contributed by atoms with Gasteiger partial charge in [-0.15, -0.1) is 0 Å².